The minimum atomic E-state index is 0.0802. The molecule has 0 spiro atoms. The van der Waals surface area contributed by atoms with Crippen molar-refractivity contribution in [3.63, 3.8) is 0 Å². The molecule has 0 saturated carbocycles. The number of benzene rings is 1. The minimum absolute atomic E-state index is 0.0802. The van der Waals surface area contributed by atoms with E-state index in [1.54, 1.807) is 18.2 Å². The van der Waals surface area contributed by atoms with E-state index in [0.717, 1.165) is 11.1 Å². The highest BCUT2D eigenvalue weighted by atomic mass is 35.5. The Bertz CT molecular complexity index is 323. The highest BCUT2D eigenvalue weighted by molar-refractivity contribution is 6.30. The molecular weight excluding hydrogens is 186 g/mol. The topological polar surface area (TPSA) is 43.1 Å². The molecule has 0 aliphatic carbocycles. The van der Waals surface area contributed by atoms with Crippen molar-refractivity contribution in [2.45, 2.75) is 13.3 Å². The van der Waals surface area contributed by atoms with Crippen molar-refractivity contribution in [1.82, 2.24) is 0 Å². The second kappa shape index (κ2) is 4.40. The third kappa shape index (κ3) is 2.54. The first-order valence-electron chi connectivity index (χ1n) is 4.14. The van der Waals surface area contributed by atoms with Gasteiger partial charge in [0.2, 0.25) is 0 Å². The summed E-state index contributed by atoms with van der Waals surface area (Å²) in [5.74, 6) is 0.0802. The van der Waals surface area contributed by atoms with Crippen LogP contribution in [0.4, 0.5) is 0 Å². The van der Waals surface area contributed by atoms with E-state index in [9.17, 15) is 4.79 Å². The smallest absolute Gasteiger partial charge is 0.164 e. The number of rotatable bonds is 3. The molecule has 0 atom stereocenters. The lowest BCUT2D eigenvalue weighted by atomic mass is 10.0. The quantitative estimate of drug-likeness (QED) is 0.755. The van der Waals surface area contributed by atoms with E-state index in [4.69, 9.17) is 17.3 Å². The number of Topliss-reactive ketones (excluding diaryl/α,β-unsaturated/α-hetero) is 1. The number of hydrogen-bond donors (Lipinski definition) is 1. The lowest BCUT2D eigenvalue weighted by molar-refractivity contribution is 0.0985. The maximum atomic E-state index is 11.5. The van der Waals surface area contributed by atoms with Crippen LogP contribution in [-0.2, 0) is 0 Å². The Labute approximate surface area is 82.7 Å². The molecule has 1 aromatic carbocycles. The van der Waals surface area contributed by atoms with Crippen LogP contribution in [0.5, 0.6) is 0 Å². The van der Waals surface area contributed by atoms with Gasteiger partial charge in [-0.3, -0.25) is 4.79 Å². The average molecular weight is 198 g/mol. The summed E-state index contributed by atoms with van der Waals surface area (Å²) >= 11 is 5.76. The Morgan fingerprint density at radius 2 is 2.23 bits per heavy atom. The Kier molecular flexibility index (Phi) is 3.46. The number of hydrogen-bond acceptors (Lipinski definition) is 2. The zero-order valence-corrected chi connectivity index (χ0v) is 8.27. The summed E-state index contributed by atoms with van der Waals surface area (Å²) in [4.78, 5) is 11.5. The molecule has 0 aliphatic rings. The maximum Gasteiger partial charge on any atom is 0.164 e. The summed E-state index contributed by atoms with van der Waals surface area (Å²) in [5.41, 5.74) is 6.93. The third-order valence-electron chi connectivity index (χ3n) is 1.86. The van der Waals surface area contributed by atoms with Gasteiger partial charge in [0, 0.05) is 17.0 Å². The van der Waals surface area contributed by atoms with Gasteiger partial charge in [0.1, 0.15) is 0 Å². The molecule has 0 bridgehead atoms. The van der Waals surface area contributed by atoms with E-state index in [2.05, 4.69) is 0 Å². The maximum absolute atomic E-state index is 11.5. The second-order valence-corrected chi connectivity index (χ2v) is 3.36. The van der Waals surface area contributed by atoms with Gasteiger partial charge in [0.25, 0.3) is 0 Å². The predicted molar refractivity (Wildman–Crippen MR) is 54.2 cm³/mol. The number of aryl methyl sites for hydroxylation is 1. The molecule has 2 nitrogen and oxygen atoms in total. The van der Waals surface area contributed by atoms with E-state index < -0.39 is 0 Å². The molecule has 13 heavy (non-hydrogen) atoms. The first-order valence-corrected chi connectivity index (χ1v) is 4.52. The van der Waals surface area contributed by atoms with Crippen molar-refractivity contribution < 1.29 is 4.79 Å². The van der Waals surface area contributed by atoms with Crippen LogP contribution in [0.25, 0.3) is 0 Å². The Morgan fingerprint density at radius 3 is 2.77 bits per heavy atom. The van der Waals surface area contributed by atoms with E-state index in [0.29, 0.717) is 18.0 Å². The van der Waals surface area contributed by atoms with Crippen LogP contribution in [0.3, 0.4) is 0 Å². The second-order valence-electron chi connectivity index (χ2n) is 2.92. The number of nitrogens with two attached hydrogens (primary N) is 1. The van der Waals surface area contributed by atoms with Gasteiger partial charge in [-0.1, -0.05) is 11.6 Å². The fourth-order valence-electron chi connectivity index (χ4n) is 1.21. The number of halogens is 1. The van der Waals surface area contributed by atoms with Crippen LogP contribution >= 0.6 is 11.6 Å². The minimum Gasteiger partial charge on any atom is -0.330 e. The average Bonchev–Trinajstić information content (AvgIpc) is 2.04. The van der Waals surface area contributed by atoms with Gasteiger partial charge < -0.3 is 5.73 Å². The number of ketones is 1. The molecule has 3 heteroatoms. The number of carbonyl (C=O) groups is 1. The molecule has 0 fully saturated rings. The van der Waals surface area contributed by atoms with Crippen molar-refractivity contribution in [2.24, 2.45) is 5.73 Å². The van der Waals surface area contributed by atoms with Gasteiger partial charge in [-0.2, -0.15) is 0 Å². The van der Waals surface area contributed by atoms with Crippen molar-refractivity contribution >= 4 is 17.4 Å². The van der Waals surface area contributed by atoms with Crippen LogP contribution in [0.15, 0.2) is 18.2 Å². The summed E-state index contributed by atoms with van der Waals surface area (Å²) in [6, 6.07) is 5.25. The van der Waals surface area contributed by atoms with Crippen molar-refractivity contribution in [3.8, 4) is 0 Å². The highest BCUT2D eigenvalue weighted by Crippen LogP contribution is 2.16. The Morgan fingerprint density at radius 1 is 1.54 bits per heavy atom. The zero-order chi connectivity index (χ0) is 9.84. The van der Waals surface area contributed by atoms with Gasteiger partial charge in [-0.25, -0.2) is 0 Å². The largest absolute Gasteiger partial charge is 0.330 e. The molecule has 0 aromatic heterocycles. The molecule has 0 amide bonds. The van der Waals surface area contributed by atoms with E-state index in [1.807, 2.05) is 6.92 Å². The summed E-state index contributed by atoms with van der Waals surface area (Å²) in [6.07, 6.45) is 0.391. The molecule has 0 heterocycles. The molecule has 2 N–H and O–H groups in total. The third-order valence-corrected chi connectivity index (χ3v) is 2.10. The van der Waals surface area contributed by atoms with E-state index >= 15 is 0 Å². The summed E-state index contributed by atoms with van der Waals surface area (Å²) < 4.78 is 0. The van der Waals surface area contributed by atoms with Gasteiger partial charge in [-0.15, -0.1) is 0 Å². The van der Waals surface area contributed by atoms with Gasteiger partial charge in [0.15, 0.2) is 5.78 Å². The van der Waals surface area contributed by atoms with Gasteiger partial charge >= 0.3 is 0 Å². The van der Waals surface area contributed by atoms with Crippen molar-refractivity contribution in [1.29, 1.82) is 0 Å². The van der Waals surface area contributed by atoms with Crippen LogP contribution in [-0.4, -0.2) is 12.3 Å². The SMILES string of the molecule is Cc1cc(Cl)ccc1C(=O)CCN. The molecule has 0 saturated heterocycles. The van der Waals surface area contributed by atoms with Crippen LogP contribution in [0.1, 0.15) is 22.3 Å². The van der Waals surface area contributed by atoms with Crippen LogP contribution in [0.2, 0.25) is 5.02 Å². The molecular formula is C10H12ClNO. The first-order chi connectivity index (χ1) is 6.15. The monoisotopic (exact) mass is 197 g/mol. The fourth-order valence-corrected chi connectivity index (χ4v) is 1.43. The molecule has 1 aromatic rings. The Hall–Kier alpha value is -0.860. The predicted octanol–water partition coefficient (Wildman–Crippen LogP) is 2.18. The molecule has 0 unspecified atom stereocenters. The van der Waals surface area contributed by atoms with Crippen LogP contribution < -0.4 is 5.73 Å². The summed E-state index contributed by atoms with van der Waals surface area (Å²) in [5, 5.41) is 0.654. The lowest BCUT2D eigenvalue weighted by Gasteiger charge is -2.03. The first kappa shape index (κ1) is 10.2. The highest BCUT2D eigenvalue weighted by Gasteiger charge is 2.07. The normalized spacial score (nSPS) is 10.1. The fraction of sp³-hybridized carbons (Fsp3) is 0.300. The van der Waals surface area contributed by atoms with Gasteiger partial charge in [-0.05, 0) is 37.2 Å². The van der Waals surface area contributed by atoms with E-state index in [-0.39, 0.29) is 5.78 Å². The molecule has 0 aliphatic heterocycles. The summed E-state index contributed by atoms with van der Waals surface area (Å²) in [6.45, 7) is 2.26. The van der Waals surface area contributed by atoms with Crippen molar-refractivity contribution in [3.05, 3.63) is 34.3 Å². The molecule has 1 rings (SSSR count). The standard InChI is InChI=1S/C10H12ClNO/c1-7-6-8(11)2-3-9(7)10(13)4-5-12/h2-3,6H,4-5,12H2,1H3. The Balaban J connectivity index is 2.95. The van der Waals surface area contributed by atoms with Crippen LogP contribution in [0, 0.1) is 6.92 Å². The summed E-state index contributed by atoms with van der Waals surface area (Å²) in [7, 11) is 0. The molecule has 0 radical (unpaired) electrons. The van der Waals surface area contributed by atoms with Crippen molar-refractivity contribution in [2.75, 3.05) is 6.54 Å². The van der Waals surface area contributed by atoms with E-state index in [1.165, 1.54) is 0 Å². The van der Waals surface area contributed by atoms with Gasteiger partial charge in [0.05, 0.1) is 0 Å². The lowest BCUT2D eigenvalue weighted by Crippen LogP contribution is -2.09. The number of carbonyl (C=O) groups excluding carboxylic acids is 1. The molecule has 70 valence electrons. The zero-order valence-electron chi connectivity index (χ0n) is 7.51.